The number of carbonyl (C=O) groups is 2. The first-order valence-electron chi connectivity index (χ1n) is 7.38. The van der Waals surface area contributed by atoms with E-state index in [0.29, 0.717) is 30.0 Å². The first kappa shape index (κ1) is 16.8. The summed E-state index contributed by atoms with van der Waals surface area (Å²) < 4.78 is 5.37. The molecule has 2 aromatic rings. The van der Waals surface area contributed by atoms with Crippen molar-refractivity contribution in [3.05, 3.63) is 53.0 Å². The van der Waals surface area contributed by atoms with E-state index < -0.39 is 0 Å². The highest BCUT2D eigenvalue weighted by Crippen LogP contribution is 2.16. The maximum atomic E-state index is 12.1. The lowest BCUT2D eigenvalue weighted by Gasteiger charge is -2.07. The third-order valence-corrected chi connectivity index (χ3v) is 3.27. The van der Waals surface area contributed by atoms with E-state index in [2.05, 4.69) is 10.6 Å². The van der Waals surface area contributed by atoms with Gasteiger partial charge in [0.05, 0.1) is 0 Å². The molecule has 122 valence electrons. The number of anilines is 1. The van der Waals surface area contributed by atoms with Crippen LogP contribution in [0.1, 0.15) is 38.7 Å². The zero-order chi connectivity index (χ0) is 16.8. The lowest BCUT2D eigenvalue weighted by atomic mass is 10.2. The van der Waals surface area contributed by atoms with Crippen molar-refractivity contribution < 1.29 is 19.1 Å². The van der Waals surface area contributed by atoms with Gasteiger partial charge in [-0.2, -0.15) is 0 Å². The van der Waals surface area contributed by atoms with Crippen LogP contribution in [0.15, 0.2) is 34.7 Å². The van der Waals surface area contributed by atoms with Gasteiger partial charge in [-0.05, 0) is 50.6 Å². The molecule has 0 fully saturated rings. The van der Waals surface area contributed by atoms with E-state index in [4.69, 9.17) is 9.52 Å². The van der Waals surface area contributed by atoms with Gasteiger partial charge in [0.15, 0.2) is 5.76 Å². The van der Waals surface area contributed by atoms with Crippen molar-refractivity contribution in [1.82, 2.24) is 5.32 Å². The Labute approximate surface area is 134 Å². The van der Waals surface area contributed by atoms with Crippen LogP contribution < -0.4 is 10.6 Å². The third kappa shape index (κ3) is 4.43. The first-order chi connectivity index (χ1) is 11.0. The fourth-order valence-corrected chi connectivity index (χ4v) is 2.14. The molecule has 23 heavy (non-hydrogen) atoms. The fourth-order valence-electron chi connectivity index (χ4n) is 2.14. The summed E-state index contributed by atoms with van der Waals surface area (Å²) in [5.41, 5.74) is 1.85. The Morgan fingerprint density at radius 2 is 1.83 bits per heavy atom. The predicted molar refractivity (Wildman–Crippen MR) is 86.6 cm³/mol. The second-order valence-corrected chi connectivity index (χ2v) is 5.23. The summed E-state index contributed by atoms with van der Waals surface area (Å²) in [5.74, 6) is 0.431. The lowest BCUT2D eigenvalue weighted by molar-refractivity contribution is 0.0950. The number of aliphatic hydroxyl groups excluding tert-OH is 1. The largest absolute Gasteiger partial charge is 0.456 e. The number of nitrogens with one attached hydrogen (secondary N) is 2. The normalized spacial score (nSPS) is 10.4. The van der Waals surface area contributed by atoms with Crippen LogP contribution in [0.3, 0.4) is 0 Å². The third-order valence-electron chi connectivity index (χ3n) is 3.27. The molecular weight excluding hydrogens is 296 g/mol. The summed E-state index contributed by atoms with van der Waals surface area (Å²) in [4.78, 5) is 24.0. The van der Waals surface area contributed by atoms with E-state index in [1.54, 1.807) is 37.3 Å². The fraction of sp³-hybridized carbons (Fsp3) is 0.294. The molecule has 0 aliphatic rings. The number of hydrogen-bond donors (Lipinski definition) is 3. The molecule has 6 nitrogen and oxygen atoms in total. The Kier molecular flexibility index (Phi) is 5.54. The lowest BCUT2D eigenvalue weighted by Crippen LogP contribution is -2.25. The molecule has 3 N–H and O–H groups in total. The molecule has 0 atom stereocenters. The van der Waals surface area contributed by atoms with Crippen molar-refractivity contribution in [3.8, 4) is 0 Å². The maximum absolute atomic E-state index is 12.1. The van der Waals surface area contributed by atoms with Crippen LogP contribution in [0, 0.1) is 13.8 Å². The average molecular weight is 316 g/mol. The van der Waals surface area contributed by atoms with E-state index in [9.17, 15) is 9.59 Å². The predicted octanol–water partition coefficient (Wildman–Crippen LogP) is 2.26. The van der Waals surface area contributed by atoms with Crippen molar-refractivity contribution >= 4 is 17.5 Å². The average Bonchev–Trinajstić information content (AvgIpc) is 2.87. The van der Waals surface area contributed by atoms with E-state index in [1.165, 1.54) is 0 Å². The monoisotopic (exact) mass is 316 g/mol. The summed E-state index contributed by atoms with van der Waals surface area (Å²) in [7, 11) is 0. The number of aliphatic hydroxyl groups is 1. The van der Waals surface area contributed by atoms with Crippen molar-refractivity contribution in [2.75, 3.05) is 18.5 Å². The summed E-state index contributed by atoms with van der Waals surface area (Å²) in [5, 5.41) is 14.1. The van der Waals surface area contributed by atoms with E-state index >= 15 is 0 Å². The van der Waals surface area contributed by atoms with Gasteiger partial charge >= 0.3 is 0 Å². The maximum Gasteiger partial charge on any atom is 0.291 e. The zero-order valence-electron chi connectivity index (χ0n) is 13.2. The minimum atomic E-state index is -0.323. The Morgan fingerprint density at radius 3 is 2.39 bits per heavy atom. The molecule has 1 aromatic heterocycles. The van der Waals surface area contributed by atoms with Gasteiger partial charge < -0.3 is 20.2 Å². The van der Waals surface area contributed by atoms with Crippen molar-refractivity contribution in [1.29, 1.82) is 0 Å². The molecule has 1 aromatic carbocycles. The molecule has 0 saturated carbocycles. The molecule has 2 amide bonds. The number of aryl methyl sites for hydroxylation is 2. The van der Waals surface area contributed by atoms with Crippen LogP contribution in [0.4, 0.5) is 5.69 Å². The standard InChI is InChI=1S/C17H20N2O4/c1-11-10-12(2)23-15(11)17(22)19-14-6-4-13(5-7-14)16(21)18-8-3-9-20/h4-7,10,20H,3,8-9H2,1-2H3,(H,18,21)(H,19,22). The molecule has 0 unspecified atom stereocenters. The highest BCUT2D eigenvalue weighted by molar-refractivity contribution is 6.03. The Morgan fingerprint density at radius 1 is 1.13 bits per heavy atom. The Bertz CT molecular complexity index is 689. The molecule has 0 radical (unpaired) electrons. The quantitative estimate of drug-likeness (QED) is 0.713. The van der Waals surface area contributed by atoms with Crippen LogP contribution in [-0.2, 0) is 0 Å². The molecule has 6 heteroatoms. The van der Waals surface area contributed by atoms with Gasteiger partial charge in [0.1, 0.15) is 5.76 Å². The summed E-state index contributed by atoms with van der Waals surface area (Å²) in [6.07, 6.45) is 0.516. The number of rotatable bonds is 6. The summed E-state index contributed by atoms with van der Waals surface area (Å²) in [6.45, 7) is 4.06. The van der Waals surface area contributed by atoms with Crippen molar-refractivity contribution in [2.45, 2.75) is 20.3 Å². The van der Waals surface area contributed by atoms with Crippen LogP contribution >= 0.6 is 0 Å². The van der Waals surface area contributed by atoms with Crippen LogP contribution in [0.5, 0.6) is 0 Å². The number of amides is 2. The van der Waals surface area contributed by atoms with Crippen molar-refractivity contribution in [3.63, 3.8) is 0 Å². The van der Waals surface area contributed by atoms with Gasteiger partial charge in [0.25, 0.3) is 11.8 Å². The Balaban J connectivity index is 1.98. The molecule has 0 bridgehead atoms. The van der Waals surface area contributed by atoms with Crippen LogP contribution in [0.2, 0.25) is 0 Å². The molecule has 0 aliphatic heterocycles. The SMILES string of the molecule is Cc1cc(C)c(C(=O)Nc2ccc(C(=O)NCCCO)cc2)o1. The molecular formula is C17H20N2O4. The highest BCUT2D eigenvalue weighted by atomic mass is 16.3. The summed E-state index contributed by atoms with van der Waals surface area (Å²) >= 11 is 0. The zero-order valence-corrected chi connectivity index (χ0v) is 13.2. The second kappa shape index (κ2) is 7.60. The van der Waals surface area contributed by atoms with Gasteiger partial charge in [-0.1, -0.05) is 0 Å². The smallest absolute Gasteiger partial charge is 0.291 e. The topological polar surface area (TPSA) is 91.6 Å². The molecule has 0 aliphatic carbocycles. The molecule has 0 spiro atoms. The molecule has 0 saturated heterocycles. The van der Waals surface area contributed by atoms with E-state index in [1.807, 2.05) is 6.92 Å². The minimum absolute atomic E-state index is 0.0386. The second-order valence-electron chi connectivity index (χ2n) is 5.23. The summed E-state index contributed by atoms with van der Waals surface area (Å²) in [6, 6.07) is 8.37. The van der Waals surface area contributed by atoms with Gasteiger partial charge in [0, 0.05) is 30.0 Å². The first-order valence-corrected chi connectivity index (χ1v) is 7.38. The van der Waals surface area contributed by atoms with Gasteiger partial charge in [0.2, 0.25) is 0 Å². The molecule has 1 heterocycles. The number of benzene rings is 1. The number of carbonyl (C=O) groups excluding carboxylic acids is 2. The molecule has 2 rings (SSSR count). The van der Waals surface area contributed by atoms with Crippen molar-refractivity contribution in [2.24, 2.45) is 0 Å². The highest BCUT2D eigenvalue weighted by Gasteiger charge is 2.14. The van der Waals surface area contributed by atoms with Gasteiger partial charge in [-0.3, -0.25) is 9.59 Å². The number of hydrogen-bond acceptors (Lipinski definition) is 4. The van der Waals surface area contributed by atoms with Gasteiger partial charge in [-0.15, -0.1) is 0 Å². The Hall–Kier alpha value is -2.60. The van der Waals surface area contributed by atoms with Gasteiger partial charge in [-0.25, -0.2) is 0 Å². The number of furan rings is 1. The van der Waals surface area contributed by atoms with E-state index in [-0.39, 0.29) is 24.2 Å². The van der Waals surface area contributed by atoms with Crippen LogP contribution in [0.25, 0.3) is 0 Å². The van der Waals surface area contributed by atoms with Crippen LogP contribution in [-0.4, -0.2) is 30.1 Å². The van der Waals surface area contributed by atoms with E-state index in [0.717, 1.165) is 5.56 Å². The minimum Gasteiger partial charge on any atom is -0.456 e.